The summed E-state index contributed by atoms with van der Waals surface area (Å²) in [5, 5.41) is 20.2. The van der Waals surface area contributed by atoms with Gasteiger partial charge in [-0.1, -0.05) is 0 Å². The van der Waals surface area contributed by atoms with Gasteiger partial charge in [-0.25, -0.2) is 9.37 Å². The largest absolute Gasteiger partial charge is 0.341 e. The van der Waals surface area contributed by atoms with Crippen LogP contribution in [0.2, 0.25) is 0 Å². The number of nitriles is 1. The van der Waals surface area contributed by atoms with Crippen molar-refractivity contribution in [3.8, 4) is 23.4 Å². The highest BCUT2D eigenvalue weighted by atomic mass is 19.3. The molecule has 1 aromatic carbocycles. The summed E-state index contributed by atoms with van der Waals surface area (Å²) in [7, 11) is 0. The normalized spacial score (nSPS) is 11.4. The molecule has 0 fully saturated rings. The second-order valence-electron chi connectivity index (χ2n) is 4.74. The van der Waals surface area contributed by atoms with Crippen molar-refractivity contribution >= 4 is 0 Å². The number of rotatable bonds is 3. The molecule has 7 nitrogen and oxygen atoms in total. The van der Waals surface area contributed by atoms with E-state index < -0.39 is 17.4 Å². The van der Waals surface area contributed by atoms with E-state index in [1.165, 1.54) is 6.07 Å². The number of imidazole rings is 1. The third-order valence-electron chi connectivity index (χ3n) is 2.90. The fraction of sp³-hybridized carbons (Fsp3) is 0.154. The Labute approximate surface area is 127 Å². The molecule has 0 aliphatic carbocycles. The molecule has 0 spiro atoms. The first kappa shape index (κ1) is 14.7. The first-order valence-corrected chi connectivity index (χ1v) is 6.32. The molecule has 0 atom stereocenters. The van der Waals surface area contributed by atoms with Crippen molar-refractivity contribution in [1.29, 1.82) is 5.26 Å². The molecule has 1 N–H and O–H groups in total. The van der Waals surface area contributed by atoms with Crippen molar-refractivity contribution in [2.24, 2.45) is 0 Å². The van der Waals surface area contributed by atoms with Crippen LogP contribution < -0.4 is 0 Å². The van der Waals surface area contributed by atoms with Gasteiger partial charge in [-0.15, -0.1) is 15.0 Å². The first-order chi connectivity index (χ1) is 10.9. The summed E-state index contributed by atoms with van der Waals surface area (Å²) < 4.78 is 39.8. The van der Waals surface area contributed by atoms with Crippen molar-refractivity contribution in [2.75, 3.05) is 0 Å². The maximum Gasteiger partial charge on any atom is 0.288 e. The van der Waals surface area contributed by atoms with Gasteiger partial charge in [-0.2, -0.15) is 14.0 Å². The Morgan fingerprint density at radius 3 is 2.74 bits per heavy atom. The van der Waals surface area contributed by atoms with Crippen LogP contribution in [0.4, 0.5) is 13.2 Å². The summed E-state index contributed by atoms with van der Waals surface area (Å²) in [6, 6.07) is 5.34. The van der Waals surface area contributed by atoms with Crippen LogP contribution in [0.1, 0.15) is 18.2 Å². The minimum absolute atomic E-state index is 0.00434. The number of nitrogens with zero attached hydrogens (tertiary/aromatic N) is 6. The van der Waals surface area contributed by atoms with Crippen LogP contribution in [0.15, 0.2) is 24.4 Å². The van der Waals surface area contributed by atoms with Gasteiger partial charge in [0, 0.05) is 19.2 Å². The average Bonchev–Trinajstić information content (AvgIpc) is 3.14. The molecule has 2 heterocycles. The molecule has 0 saturated heterocycles. The smallest absolute Gasteiger partial charge is 0.288 e. The van der Waals surface area contributed by atoms with Gasteiger partial charge in [0.05, 0.1) is 17.3 Å². The van der Waals surface area contributed by atoms with E-state index in [1.54, 1.807) is 6.07 Å². The molecule has 0 aliphatic heterocycles. The third kappa shape index (κ3) is 2.89. The van der Waals surface area contributed by atoms with Crippen LogP contribution in [0.5, 0.6) is 0 Å². The number of hydrogen-bond acceptors (Lipinski definition) is 5. The number of nitrogens with one attached hydrogen (secondary N) is 1. The monoisotopic (exact) mass is 319 g/mol. The fourth-order valence-corrected chi connectivity index (χ4v) is 1.83. The number of hydrogen-bond donors (Lipinski definition) is 1. The summed E-state index contributed by atoms with van der Waals surface area (Å²) >= 11 is 0. The van der Waals surface area contributed by atoms with Gasteiger partial charge in [0.2, 0.25) is 5.82 Å². The molecule has 3 rings (SSSR count). The zero-order valence-corrected chi connectivity index (χ0v) is 11.6. The molecule has 3 aromatic rings. The Balaban J connectivity index is 1.97. The molecule has 0 unspecified atom stereocenters. The number of aromatic nitrogens is 6. The van der Waals surface area contributed by atoms with Crippen molar-refractivity contribution in [3.63, 3.8) is 0 Å². The van der Waals surface area contributed by atoms with E-state index in [-0.39, 0.29) is 22.9 Å². The summed E-state index contributed by atoms with van der Waals surface area (Å²) in [5.41, 5.74) is -0.195. The van der Waals surface area contributed by atoms with Gasteiger partial charge in [-0.3, -0.25) is 0 Å². The highest BCUT2D eigenvalue weighted by Gasteiger charge is 2.28. The van der Waals surface area contributed by atoms with Crippen LogP contribution >= 0.6 is 0 Å². The molecule has 0 saturated carbocycles. The molecule has 0 bridgehead atoms. The van der Waals surface area contributed by atoms with Crippen LogP contribution in [0.3, 0.4) is 0 Å². The predicted octanol–water partition coefficient (Wildman–Crippen LogP) is 2.17. The van der Waals surface area contributed by atoms with Crippen molar-refractivity contribution in [1.82, 2.24) is 30.2 Å². The zero-order chi connectivity index (χ0) is 16.6. The minimum atomic E-state index is -3.10. The van der Waals surface area contributed by atoms with Gasteiger partial charge < -0.3 is 4.98 Å². The van der Waals surface area contributed by atoms with Crippen LogP contribution in [-0.2, 0) is 5.92 Å². The molecule has 116 valence electrons. The average molecular weight is 319 g/mol. The Bertz CT molecular complexity index is 901. The number of benzene rings is 1. The van der Waals surface area contributed by atoms with E-state index >= 15 is 0 Å². The lowest BCUT2D eigenvalue weighted by Gasteiger charge is -2.03. The maximum absolute atomic E-state index is 13.4. The van der Waals surface area contributed by atoms with Crippen LogP contribution in [0.25, 0.3) is 17.3 Å². The lowest BCUT2D eigenvalue weighted by Crippen LogP contribution is -2.07. The Morgan fingerprint density at radius 2 is 2.09 bits per heavy atom. The highest BCUT2D eigenvalue weighted by Crippen LogP contribution is 2.26. The fourth-order valence-electron chi connectivity index (χ4n) is 1.83. The van der Waals surface area contributed by atoms with Gasteiger partial charge in [-0.05, 0) is 17.3 Å². The van der Waals surface area contributed by atoms with E-state index in [9.17, 15) is 13.2 Å². The molecule has 23 heavy (non-hydrogen) atoms. The van der Waals surface area contributed by atoms with E-state index in [2.05, 4.69) is 25.4 Å². The van der Waals surface area contributed by atoms with Gasteiger partial charge in [0.1, 0.15) is 11.5 Å². The van der Waals surface area contributed by atoms with E-state index in [1.807, 2.05) is 0 Å². The quantitative estimate of drug-likeness (QED) is 0.798. The summed E-state index contributed by atoms with van der Waals surface area (Å²) in [5.74, 6) is -3.77. The highest BCUT2D eigenvalue weighted by molar-refractivity contribution is 5.44. The SMILES string of the molecule is CC(F)(F)c1c[nH]c(-c2nnn(-c3cc(F)cc(C#N)c3)n2)n1. The van der Waals surface area contributed by atoms with Crippen molar-refractivity contribution < 1.29 is 13.2 Å². The molecular weight excluding hydrogens is 311 g/mol. The topological polar surface area (TPSA) is 96.1 Å². The van der Waals surface area contributed by atoms with E-state index in [4.69, 9.17) is 5.26 Å². The number of H-pyrrole nitrogens is 1. The van der Waals surface area contributed by atoms with Crippen molar-refractivity contribution in [2.45, 2.75) is 12.8 Å². The summed E-state index contributed by atoms with van der Waals surface area (Å²) in [6.45, 7) is 0.716. The van der Waals surface area contributed by atoms with E-state index in [0.29, 0.717) is 6.92 Å². The van der Waals surface area contributed by atoms with Gasteiger partial charge >= 0.3 is 0 Å². The molecule has 10 heteroatoms. The Hall–Kier alpha value is -3.22. The van der Waals surface area contributed by atoms with Crippen molar-refractivity contribution in [3.05, 3.63) is 41.5 Å². The molecule has 2 aromatic heterocycles. The summed E-state index contributed by atoms with van der Waals surface area (Å²) in [6.07, 6.45) is 1.05. The van der Waals surface area contributed by atoms with Crippen LogP contribution in [0, 0.1) is 17.1 Å². The van der Waals surface area contributed by atoms with Gasteiger partial charge in [0.15, 0.2) is 5.82 Å². The van der Waals surface area contributed by atoms with Gasteiger partial charge in [0.25, 0.3) is 5.92 Å². The van der Waals surface area contributed by atoms with Crippen LogP contribution in [-0.4, -0.2) is 30.2 Å². The second-order valence-corrected chi connectivity index (χ2v) is 4.74. The first-order valence-electron chi connectivity index (χ1n) is 6.32. The Morgan fingerprint density at radius 1 is 1.30 bits per heavy atom. The zero-order valence-electron chi connectivity index (χ0n) is 11.6. The number of aromatic amines is 1. The molecule has 0 radical (unpaired) electrons. The molecular formula is C13H8F3N7. The lowest BCUT2D eigenvalue weighted by molar-refractivity contribution is 0.0132. The molecule has 0 amide bonds. The molecule has 0 aliphatic rings. The number of alkyl halides is 2. The maximum atomic E-state index is 13.4. The number of halogens is 3. The standard InChI is InChI=1S/C13H8F3N7/c1-13(15,16)10-6-18-11(19-10)12-20-22-23(21-12)9-3-7(5-17)2-8(14)4-9/h2-4,6H,1H3,(H,18,19). The third-order valence-corrected chi connectivity index (χ3v) is 2.90. The number of tetrazole rings is 1. The Kier molecular flexibility index (Phi) is 3.33. The lowest BCUT2D eigenvalue weighted by atomic mass is 10.2. The minimum Gasteiger partial charge on any atom is -0.341 e. The van der Waals surface area contributed by atoms with E-state index in [0.717, 1.165) is 23.1 Å². The summed E-state index contributed by atoms with van der Waals surface area (Å²) in [4.78, 5) is 7.21. The predicted molar refractivity (Wildman–Crippen MR) is 71.0 cm³/mol. The second kappa shape index (κ2) is 5.20.